The average Bonchev–Trinajstić information content (AvgIpc) is 2.99. The summed E-state index contributed by atoms with van der Waals surface area (Å²) in [6.45, 7) is 2.12. The zero-order valence-electron chi connectivity index (χ0n) is 8.92. The summed E-state index contributed by atoms with van der Waals surface area (Å²) in [5, 5.41) is 0.0566. The van der Waals surface area contributed by atoms with Gasteiger partial charge in [-0.3, -0.25) is 9.59 Å². The van der Waals surface area contributed by atoms with Gasteiger partial charge in [-0.1, -0.05) is 6.92 Å². The number of hydrogen-bond donors (Lipinski definition) is 1. The van der Waals surface area contributed by atoms with Gasteiger partial charge in [-0.2, -0.15) is 0 Å². The molecule has 0 bridgehead atoms. The van der Waals surface area contributed by atoms with E-state index >= 15 is 0 Å². The quantitative estimate of drug-likeness (QED) is 0.620. The van der Waals surface area contributed by atoms with Crippen molar-refractivity contribution in [1.82, 2.24) is 0 Å². The third kappa shape index (κ3) is 2.66. The van der Waals surface area contributed by atoms with Crippen molar-refractivity contribution in [1.29, 1.82) is 0 Å². The minimum Gasteiger partial charge on any atom is -0.394 e. The second-order valence-electron chi connectivity index (χ2n) is 4.56. The SMILES string of the molecule is CC1CC(C(=O)OSC2CC2C(=O)OS)C1. The normalized spacial score (nSPS) is 36.1. The van der Waals surface area contributed by atoms with E-state index in [-0.39, 0.29) is 29.0 Å². The fourth-order valence-electron chi connectivity index (χ4n) is 1.87. The fraction of sp³-hybridized carbons (Fsp3) is 0.800. The molecule has 16 heavy (non-hydrogen) atoms. The van der Waals surface area contributed by atoms with Gasteiger partial charge in [-0.25, -0.2) is 0 Å². The highest BCUT2D eigenvalue weighted by molar-refractivity contribution is 7.96. The standard InChI is InChI=1S/C10H14O4S2/c1-5-2-6(3-5)9(11)14-16-8-4-7(8)10(12)13-15/h5-8,15H,2-4H2,1H3. The third-order valence-electron chi connectivity index (χ3n) is 3.09. The lowest BCUT2D eigenvalue weighted by atomic mass is 9.76. The van der Waals surface area contributed by atoms with Crippen molar-refractivity contribution < 1.29 is 18.0 Å². The van der Waals surface area contributed by atoms with Crippen LogP contribution in [0, 0.1) is 17.8 Å². The molecule has 2 unspecified atom stereocenters. The number of carbonyl (C=O) groups is 2. The molecule has 0 aromatic heterocycles. The Bertz CT molecular complexity index is 301. The van der Waals surface area contributed by atoms with Crippen molar-refractivity contribution in [3.05, 3.63) is 0 Å². The van der Waals surface area contributed by atoms with E-state index in [0.717, 1.165) is 24.9 Å². The van der Waals surface area contributed by atoms with Crippen LogP contribution in [0.5, 0.6) is 0 Å². The first-order chi connectivity index (χ1) is 7.61. The molecule has 0 heterocycles. The molecule has 2 fully saturated rings. The van der Waals surface area contributed by atoms with Crippen molar-refractivity contribution in [3.63, 3.8) is 0 Å². The summed E-state index contributed by atoms with van der Waals surface area (Å²) < 4.78 is 9.39. The van der Waals surface area contributed by atoms with Crippen LogP contribution in [0.25, 0.3) is 0 Å². The van der Waals surface area contributed by atoms with Crippen LogP contribution in [0.4, 0.5) is 0 Å². The summed E-state index contributed by atoms with van der Waals surface area (Å²) in [7, 11) is 0. The summed E-state index contributed by atoms with van der Waals surface area (Å²) in [5.74, 6) is 0.0599. The van der Waals surface area contributed by atoms with Crippen LogP contribution in [0.3, 0.4) is 0 Å². The summed E-state index contributed by atoms with van der Waals surface area (Å²) in [4.78, 5) is 22.5. The topological polar surface area (TPSA) is 52.6 Å². The highest BCUT2D eigenvalue weighted by atomic mass is 32.2. The minimum atomic E-state index is -0.339. The monoisotopic (exact) mass is 262 g/mol. The summed E-state index contributed by atoms with van der Waals surface area (Å²) in [6, 6.07) is 0. The molecule has 90 valence electrons. The van der Waals surface area contributed by atoms with Crippen LogP contribution >= 0.6 is 25.0 Å². The van der Waals surface area contributed by atoms with Gasteiger partial charge in [0.1, 0.15) is 0 Å². The van der Waals surface area contributed by atoms with Gasteiger partial charge < -0.3 is 8.37 Å². The first kappa shape index (κ1) is 12.1. The van der Waals surface area contributed by atoms with Gasteiger partial charge in [-0.05, 0) is 25.2 Å². The molecule has 6 heteroatoms. The molecule has 0 aromatic rings. The highest BCUT2D eigenvalue weighted by Gasteiger charge is 2.47. The summed E-state index contributed by atoms with van der Waals surface area (Å²) in [5.41, 5.74) is 0. The Morgan fingerprint density at radius 2 is 1.94 bits per heavy atom. The summed E-state index contributed by atoms with van der Waals surface area (Å²) >= 11 is 4.54. The number of carbonyl (C=O) groups excluding carboxylic acids is 2. The Labute approximate surface area is 104 Å². The maximum atomic E-state index is 11.5. The van der Waals surface area contributed by atoms with E-state index in [1.165, 1.54) is 0 Å². The van der Waals surface area contributed by atoms with Gasteiger partial charge >= 0.3 is 11.9 Å². The average molecular weight is 262 g/mol. The molecule has 0 radical (unpaired) electrons. The van der Waals surface area contributed by atoms with E-state index in [1.54, 1.807) is 0 Å². The van der Waals surface area contributed by atoms with Gasteiger partial charge in [0.25, 0.3) is 0 Å². The van der Waals surface area contributed by atoms with E-state index in [0.29, 0.717) is 12.3 Å². The number of hydrogen-bond acceptors (Lipinski definition) is 6. The van der Waals surface area contributed by atoms with Crippen molar-refractivity contribution in [2.75, 3.05) is 0 Å². The van der Waals surface area contributed by atoms with Gasteiger partial charge in [0, 0.05) is 12.9 Å². The van der Waals surface area contributed by atoms with Crippen LogP contribution in [0.15, 0.2) is 0 Å². The lowest BCUT2D eigenvalue weighted by molar-refractivity contribution is -0.142. The zero-order valence-corrected chi connectivity index (χ0v) is 10.6. The Morgan fingerprint density at radius 1 is 1.25 bits per heavy atom. The molecule has 0 spiro atoms. The molecule has 0 N–H and O–H groups in total. The maximum absolute atomic E-state index is 11.5. The second-order valence-corrected chi connectivity index (χ2v) is 5.71. The van der Waals surface area contributed by atoms with E-state index in [2.05, 4.69) is 24.0 Å². The lowest BCUT2D eigenvalue weighted by Crippen LogP contribution is -2.29. The zero-order chi connectivity index (χ0) is 11.7. The van der Waals surface area contributed by atoms with Gasteiger partial charge in [0.05, 0.1) is 29.1 Å². The van der Waals surface area contributed by atoms with Crippen LogP contribution in [-0.4, -0.2) is 17.2 Å². The van der Waals surface area contributed by atoms with Gasteiger partial charge in [-0.15, -0.1) is 0 Å². The fourth-order valence-corrected chi connectivity index (χ4v) is 2.89. The minimum absolute atomic E-state index is 0.0566. The first-order valence-electron chi connectivity index (χ1n) is 5.34. The summed E-state index contributed by atoms with van der Waals surface area (Å²) in [6.07, 6.45) is 2.55. The van der Waals surface area contributed by atoms with Crippen LogP contribution < -0.4 is 0 Å². The Balaban J connectivity index is 1.62. The highest BCUT2D eigenvalue weighted by Crippen LogP contribution is 2.44. The van der Waals surface area contributed by atoms with Crippen molar-refractivity contribution in [2.45, 2.75) is 31.4 Å². The predicted molar refractivity (Wildman–Crippen MR) is 62.5 cm³/mol. The third-order valence-corrected chi connectivity index (χ3v) is 4.29. The molecule has 0 aromatic carbocycles. The smallest absolute Gasteiger partial charge is 0.322 e. The molecule has 0 amide bonds. The van der Waals surface area contributed by atoms with Crippen LogP contribution in [0.2, 0.25) is 0 Å². The van der Waals surface area contributed by atoms with Gasteiger partial charge in [0.2, 0.25) is 0 Å². The van der Waals surface area contributed by atoms with Crippen molar-refractivity contribution >= 4 is 36.9 Å². The lowest BCUT2D eigenvalue weighted by Gasteiger charge is -2.29. The molecule has 2 aliphatic carbocycles. The van der Waals surface area contributed by atoms with E-state index in [9.17, 15) is 9.59 Å². The second kappa shape index (κ2) is 4.87. The number of thiol groups is 1. The molecule has 2 atom stereocenters. The number of rotatable bonds is 4. The Morgan fingerprint density at radius 3 is 2.50 bits per heavy atom. The first-order valence-corrected chi connectivity index (χ1v) is 6.51. The molecule has 2 rings (SSSR count). The molecule has 4 nitrogen and oxygen atoms in total. The Kier molecular flexibility index (Phi) is 3.69. The van der Waals surface area contributed by atoms with Crippen LogP contribution in [0.1, 0.15) is 26.2 Å². The Hall–Kier alpha value is -0.360. The van der Waals surface area contributed by atoms with Crippen LogP contribution in [-0.2, 0) is 18.0 Å². The molecule has 2 aliphatic rings. The van der Waals surface area contributed by atoms with E-state index < -0.39 is 0 Å². The van der Waals surface area contributed by atoms with Crippen molar-refractivity contribution in [3.8, 4) is 0 Å². The van der Waals surface area contributed by atoms with E-state index in [4.69, 9.17) is 4.18 Å². The van der Waals surface area contributed by atoms with Crippen molar-refractivity contribution in [2.24, 2.45) is 17.8 Å². The molecular weight excluding hydrogens is 248 g/mol. The van der Waals surface area contributed by atoms with Gasteiger partial charge in [0.15, 0.2) is 0 Å². The molecule has 2 saturated carbocycles. The predicted octanol–water partition coefficient (Wildman–Crippen LogP) is 2.00. The van der Waals surface area contributed by atoms with E-state index in [1.807, 2.05) is 0 Å². The molecular formula is C10H14O4S2. The molecule has 0 aliphatic heterocycles. The largest absolute Gasteiger partial charge is 0.394 e. The molecule has 0 saturated heterocycles. The maximum Gasteiger partial charge on any atom is 0.322 e.